The number of amides is 1. The molecule has 1 unspecified atom stereocenters. The van der Waals surface area contributed by atoms with E-state index in [2.05, 4.69) is 14.9 Å². The number of thiophene rings is 1. The molecule has 4 rings (SSSR count). The Labute approximate surface area is 127 Å². The third-order valence-corrected chi connectivity index (χ3v) is 5.38. The number of anilines is 1. The van der Waals surface area contributed by atoms with E-state index >= 15 is 0 Å². The number of nitrogens with zero attached hydrogens (tertiary/aromatic N) is 4. The molecule has 0 aromatic carbocycles. The second kappa shape index (κ2) is 4.80. The van der Waals surface area contributed by atoms with Gasteiger partial charge < -0.3 is 9.80 Å². The zero-order valence-electron chi connectivity index (χ0n) is 11.6. The third kappa shape index (κ3) is 2.01. The second-order valence-corrected chi connectivity index (χ2v) is 6.58. The summed E-state index contributed by atoms with van der Waals surface area (Å²) in [5.41, 5.74) is 0.0499. The molecule has 0 bridgehead atoms. The van der Waals surface area contributed by atoms with Gasteiger partial charge in [0.15, 0.2) is 0 Å². The number of likely N-dealkylation sites (tertiary alicyclic amines) is 1. The second-order valence-electron chi connectivity index (χ2n) is 5.63. The minimum absolute atomic E-state index is 0.0499. The molecule has 6 heteroatoms. The molecule has 2 aromatic heterocycles. The van der Waals surface area contributed by atoms with Gasteiger partial charge in [0.1, 0.15) is 0 Å². The van der Waals surface area contributed by atoms with Crippen molar-refractivity contribution < 1.29 is 4.79 Å². The molecule has 4 heterocycles. The van der Waals surface area contributed by atoms with Gasteiger partial charge in [-0.2, -0.15) is 0 Å². The number of hydrogen-bond donors (Lipinski definition) is 0. The third-order valence-electron chi connectivity index (χ3n) is 4.52. The lowest BCUT2D eigenvalue weighted by molar-refractivity contribution is 0.0780. The maximum Gasteiger partial charge on any atom is 0.263 e. The summed E-state index contributed by atoms with van der Waals surface area (Å²) < 4.78 is 0. The maximum absolute atomic E-state index is 12.5. The van der Waals surface area contributed by atoms with Gasteiger partial charge in [0.25, 0.3) is 5.91 Å². The quantitative estimate of drug-likeness (QED) is 0.851. The molecule has 2 fully saturated rings. The summed E-state index contributed by atoms with van der Waals surface area (Å²) in [5, 5.41) is 1.95. The van der Waals surface area contributed by atoms with Crippen LogP contribution in [-0.4, -0.2) is 45.9 Å². The molecule has 1 spiro atoms. The fourth-order valence-electron chi connectivity index (χ4n) is 3.29. The van der Waals surface area contributed by atoms with Crippen LogP contribution in [0.5, 0.6) is 0 Å². The predicted molar refractivity (Wildman–Crippen MR) is 81.6 cm³/mol. The van der Waals surface area contributed by atoms with Crippen LogP contribution in [0.3, 0.4) is 0 Å². The Kier molecular flexibility index (Phi) is 2.92. The number of rotatable bonds is 2. The van der Waals surface area contributed by atoms with Crippen molar-refractivity contribution in [2.24, 2.45) is 0 Å². The summed E-state index contributed by atoms with van der Waals surface area (Å²) in [7, 11) is 0. The molecule has 0 N–H and O–H groups in total. The van der Waals surface area contributed by atoms with E-state index in [4.69, 9.17) is 0 Å². The van der Waals surface area contributed by atoms with Crippen LogP contribution in [0, 0.1) is 0 Å². The van der Waals surface area contributed by atoms with Gasteiger partial charge >= 0.3 is 0 Å². The summed E-state index contributed by atoms with van der Waals surface area (Å²) in [4.78, 5) is 26.2. The lowest BCUT2D eigenvalue weighted by Gasteiger charge is -2.50. The molecular formula is C15H16N4OS. The first-order valence-corrected chi connectivity index (χ1v) is 8.04. The van der Waals surface area contributed by atoms with Crippen LogP contribution in [0.2, 0.25) is 0 Å². The fraction of sp³-hybridized carbons (Fsp3) is 0.400. The van der Waals surface area contributed by atoms with Gasteiger partial charge in [0.05, 0.1) is 10.4 Å². The van der Waals surface area contributed by atoms with E-state index in [1.54, 1.807) is 12.4 Å². The largest absolute Gasteiger partial charge is 0.336 e. The van der Waals surface area contributed by atoms with Gasteiger partial charge in [-0.3, -0.25) is 4.79 Å². The molecule has 2 aromatic rings. The molecular weight excluding hydrogens is 284 g/mol. The van der Waals surface area contributed by atoms with Gasteiger partial charge in [-0.1, -0.05) is 6.07 Å². The first-order valence-electron chi connectivity index (χ1n) is 7.16. The van der Waals surface area contributed by atoms with Crippen LogP contribution in [0.25, 0.3) is 0 Å². The van der Waals surface area contributed by atoms with Crippen LogP contribution < -0.4 is 4.90 Å². The van der Waals surface area contributed by atoms with Gasteiger partial charge in [-0.25, -0.2) is 9.97 Å². The van der Waals surface area contributed by atoms with Crippen molar-refractivity contribution in [1.29, 1.82) is 0 Å². The van der Waals surface area contributed by atoms with Gasteiger partial charge in [-0.15, -0.1) is 11.3 Å². The lowest BCUT2D eigenvalue weighted by atomic mass is 9.84. The highest BCUT2D eigenvalue weighted by Crippen LogP contribution is 2.41. The molecule has 1 amide bonds. The van der Waals surface area contributed by atoms with Crippen molar-refractivity contribution in [1.82, 2.24) is 14.9 Å². The average Bonchev–Trinajstić information content (AvgIpc) is 3.17. The zero-order valence-corrected chi connectivity index (χ0v) is 12.4. The predicted octanol–water partition coefficient (Wildman–Crippen LogP) is 2.03. The molecule has 1 atom stereocenters. The standard InChI is InChI=1S/C15H16N4OS/c20-13(12-3-1-10-21-12)18-8-4-15(11-18)5-9-19(15)14-16-6-2-7-17-14/h1-3,6-7,10H,4-5,8-9,11H2. The molecule has 108 valence electrons. The summed E-state index contributed by atoms with van der Waals surface area (Å²) in [6.45, 7) is 2.58. The van der Waals surface area contributed by atoms with Crippen molar-refractivity contribution in [3.63, 3.8) is 0 Å². The first kappa shape index (κ1) is 12.8. The topological polar surface area (TPSA) is 49.3 Å². The van der Waals surface area contributed by atoms with Gasteiger partial charge in [-0.05, 0) is 30.4 Å². The van der Waals surface area contributed by atoms with E-state index in [-0.39, 0.29) is 11.4 Å². The molecule has 5 nitrogen and oxygen atoms in total. The van der Waals surface area contributed by atoms with E-state index in [0.29, 0.717) is 0 Å². The maximum atomic E-state index is 12.5. The van der Waals surface area contributed by atoms with E-state index in [9.17, 15) is 4.79 Å². The van der Waals surface area contributed by atoms with Crippen LogP contribution in [0.15, 0.2) is 36.0 Å². The highest BCUT2D eigenvalue weighted by atomic mass is 32.1. The number of carbonyl (C=O) groups is 1. The fourth-order valence-corrected chi connectivity index (χ4v) is 3.98. The summed E-state index contributed by atoms with van der Waals surface area (Å²) in [5.74, 6) is 0.942. The lowest BCUT2D eigenvalue weighted by Crippen LogP contribution is -2.62. The minimum Gasteiger partial charge on any atom is -0.336 e. The monoisotopic (exact) mass is 300 g/mol. The van der Waals surface area contributed by atoms with Crippen molar-refractivity contribution >= 4 is 23.2 Å². The minimum atomic E-state index is 0.0499. The highest BCUT2D eigenvalue weighted by molar-refractivity contribution is 7.12. The van der Waals surface area contributed by atoms with Crippen LogP contribution in [0.1, 0.15) is 22.5 Å². The molecule has 0 radical (unpaired) electrons. The normalized spacial score (nSPS) is 24.4. The molecule has 2 aliphatic rings. The Bertz CT molecular complexity index is 645. The zero-order chi connectivity index (χ0) is 14.3. The Balaban J connectivity index is 1.52. The Morgan fingerprint density at radius 1 is 1.19 bits per heavy atom. The summed E-state index contributed by atoms with van der Waals surface area (Å²) in [6, 6.07) is 5.66. The molecule has 2 saturated heterocycles. The van der Waals surface area contributed by atoms with Crippen molar-refractivity contribution in [2.75, 3.05) is 24.5 Å². The molecule has 0 aliphatic carbocycles. The molecule has 2 aliphatic heterocycles. The average molecular weight is 300 g/mol. The van der Waals surface area contributed by atoms with E-state index in [1.165, 1.54) is 11.3 Å². The van der Waals surface area contributed by atoms with Crippen LogP contribution >= 0.6 is 11.3 Å². The number of hydrogen-bond acceptors (Lipinski definition) is 5. The van der Waals surface area contributed by atoms with E-state index in [1.807, 2.05) is 28.5 Å². The van der Waals surface area contributed by atoms with Crippen LogP contribution in [-0.2, 0) is 0 Å². The van der Waals surface area contributed by atoms with Crippen molar-refractivity contribution in [2.45, 2.75) is 18.4 Å². The van der Waals surface area contributed by atoms with Crippen molar-refractivity contribution in [3.8, 4) is 0 Å². The van der Waals surface area contributed by atoms with E-state index < -0.39 is 0 Å². The highest BCUT2D eigenvalue weighted by Gasteiger charge is 2.51. The summed E-state index contributed by atoms with van der Waals surface area (Å²) in [6.07, 6.45) is 5.66. The SMILES string of the molecule is O=C(c1cccs1)N1CCC2(CCN2c2ncccn2)C1. The van der Waals surface area contributed by atoms with Crippen LogP contribution in [0.4, 0.5) is 5.95 Å². The number of aromatic nitrogens is 2. The van der Waals surface area contributed by atoms with E-state index in [0.717, 1.165) is 43.3 Å². The molecule has 21 heavy (non-hydrogen) atoms. The smallest absolute Gasteiger partial charge is 0.263 e. The first-order chi connectivity index (χ1) is 10.3. The molecule has 0 saturated carbocycles. The van der Waals surface area contributed by atoms with Crippen molar-refractivity contribution in [3.05, 3.63) is 40.8 Å². The van der Waals surface area contributed by atoms with Gasteiger partial charge in [0, 0.05) is 32.0 Å². The Morgan fingerprint density at radius 3 is 2.67 bits per heavy atom. The summed E-state index contributed by atoms with van der Waals surface area (Å²) >= 11 is 1.51. The Hall–Kier alpha value is -1.95. The number of carbonyl (C=O) groups excluding carboxylic acids is 1. The Morgan fingerprint density at radius 2 is 2.00 bits per heavy atom. The van der Waals surface area contributed by atoms with Gasteiger partial charge in [0.2, 0.25) is 5.95 Å².